The minimum atomic E-state index is 0.276. The van der Waals surface area contributed by atoms with E-state index in [1.807, 2.05) is 12.1 Å². The number of piperidine rings is 1. The standard InChI is InChI=1S/C23H30BrNO2/c24-23-12-16-9-17(13-23)11-22(10-16,15-23)14-21(27)25-7-5-19(6-8-25)18-1-3-20(26)4-2-18/h1-4,16-17,19,26H,5-15H2. The molecule has 6 rings (SSSR count). The Kier molecular flexibility index (Phi) is 4.34. The predicted octanol–water partition coefficient (Wildman–Crippen LogP) is 5.22. The van der Waals surface area contributed by atoms with Crippen LogP contribution in [0.5, 0.6) is 5.75 Å². The van der Waals surface area contributed by atoms with Crippen LogP contribution in [0.3, 0.4) is 0 Å². The Morgan fingerprint density at radius 2 is 1.70 bits per heavy atom. The van der Waals surface area contributed by atoms with Gasteiger partial charge in [-0.15, -0.1) is 0 Å². The van der Waals surface area contributed by atoms with Crippen LogP contribution >= 0.6 is 15.9 Å². The maximum Gasteiger partial charge on any atom is 0.223 e. The highest BCUT2D eigenvalue weighted by Crippen LogP contribution is 2.65. The first-order valence-electron chi connectivity index (χ1n) is 10.7. The summed E-state index contributed by atoms with van der Waals surface area (Å²) in [6.45, 7) is 1.76. The quantitative estimate of drug-likeness (QED) is 0.666. The molecule has 5 fully saturated rings. The van der Waals surface area contributed by atoms with Gasteiger partial charge in [-0.1, -0.05) is 28.1 Å². The predicted molar refractivity (Wildman–Crippen MR) is 110 cm³/mol. The largest absolute Gasteiger partial charge is 0.508 e. The van der Waals surface area contributed by atoms with Crippen LogP contribution < -0.4 is 0 Å². The molecular weight excluding hydrogens is 402 g/mol. The number of phenols is 1. The van der Waals surface area contributed by atoms with Gasteiger partial charge in [0.2, 0.25) is 5.91 Å². The van der Waals surface area contributed by atoms with Crippen LogP contribution in [0.2, 0.25) is 0 Å². The number of aromatic hydroxyl groups is 1. The fourth-order valence-electron chi connectivity index (χ4n) is 7.18. The van der Waals surface area contributed by atoms with Gasteiger partial charge in [0, 0.05) is 23.8 Å². The van der Waals surface area contributed by atoms with Crippen molar-refractivity contribution in [3.05, 3.63) is 29.8 Å². The van der Waals surface area contributed by atoms with E-state index in [0.717, 1.165) is 44.2 Å². The Hall–Kier alpha value is -1.03. The Labute approximate surface area is 170 Å². The first-order valence-corrected chi connectivity index (χ1v) is 11.5. The van der Waals surface area contributed by atoms with Gasteiger partial charge in [0.05, 0.1) is 0 Å². The molecule has 0 radical (unpaired) electrons. The Bertz CT molecular complexity index is 708. The number of carbonyl (C=O) groups is 1. The van der Waals surface area contributed by atoms with Crippen LogP contribution in [0.4, 0.5) is 0 Å². The molecule has 1 heterocycles. The number of alkyl halides is 1. The number of halogens is 1. The molecule has 0 spiro atoms. The molecule has 0 aromatic heterocycles. The highest BCUT2D eigenvalue weighted by Gasteiger charge is 2.57. The molecule has 4 bridgehead atoms. The molecule has 3 nitrogen and oxygen atoms in total. The number of benzene rings is 1. The normalized spacial score (nSPS) is 38.3. The summed E-state index contributed by atoms with van der Waals surface area (Å²) < 4.78 is 0.337. The molecule has 1 aromatic carbocycles. The summed E-state index contributed by atoms with van der Waals surface area (Å²) in [4.78, 5) is 15.3. The highest BCUT2D eigenvalue weighted by molar-refractivity contribution is 9.10. The number of rotatable bonds is 3. The van der Waals surface area contributed by atoms with Crippen LogP contribution in [0.15, 0.2) is 24.3 Å². The number of hydrogen-bond donors (Lipinski definition) is 1. The third kappa shape index (κ3) is 3.43. The maximum atomic E-state index is 13.2. The van der Waals surface area contributed by atoms with E-state index >= 15 is 0 Å². The van der Waals surface area contributed by atoms with Crippen molar-refractivity contribution in [2.24, 2.45) is 17.3 Å². The van der Waals surface area contributed by atoms with E-state index in [-0.39, 0.29) is 5.41 Å². The summed E-state index contributed by atoms with van der Waals surface area (Å²) in [6, 6.07) is 7.61. The Morgan fingerprint density at radius 3 is 2.30 bits per heavy atom. The van der Waals surface area contributed by atoms with Gasteiger partial charge in [0.1, 0.15) is 5.75 Å². The molecule has 1 amide bonds. The van der Waals surface area contributed by atoms with Crippen molar-refractivity contribution in [2.45, 2.75) is 68.0 Å². The second kappa shape index (κ2) is 6.50. The van der Waals surface area contributed by atoms with E-state index in [9.17, 15) is 9.90 Å². The monoisotopic (exact) mass is 431 g/mol. The third-order valence-corrected chi connectivity index (χ3v) is 8.78. The summed E-state index contributed by atoms with van der Waals surface area (Å²) in [5, 5.41) is 9.48. The smallest absolute Gasteiger partial charge is 0.223 e. The summed E-state index contributed by atoms with van der Waals surface area (Å²) in [6.07, 6.45) is 10.7. The highest BCUT2D eigenvalue weighted by atomic mass is 79.9. The number of likely N-dealkylation sites (tertiary alicyclic amines) is 1. The van der Waals surface area contributed by atoms with E-state index < -0.39 is 0 Å². The fourth-order valence-corrected chi connectivity index (χ4v) is 8.69. The topological polar surface area (TPSA) is 40.5 Å². The average Bonchev–Trinajstić information content (AvgIpc) is 2.60. The van der Waals surface area contributed by atoms with Gasteiger partial charge in [-0.05, 0) is 92.2 Å². The minimum absolute atomic E-state index is 0.276. The van der Waals surface area contributed by atoms with Crippen LogP contribution in [0.25, 0.3) is 0 Å². The summed E-state index contributed by atoms with van der Waals surface area (Å²) in [5.41, 5.74) is 1.57. The molecule has 4 aliphatic carbocycles. The molecular formula is C23H30BrNO2. The summed E-state index contributed by atoms with van der Waals surface area (Å²) in [5.74, 6) is 2.93. The second-order valence-electron chi connectivity index (χ2n) is 10.0. The van der Waals surface area contributed by atoms with Crippen molar-refractivity contribution in [1.82, 2.24) is 4.90 Å². The molecule has 1 aromatic rings. The maximum absolute atomic E-state index is 13.2. The molecule has 4 saturated carbocycles. The molecule has 146 valence electrons. The summed E-state index contributed by atoms with van der Waals surface area (Å²) >= 11 is 4.07. The number of amides is 1. The number of hydrogen-bond acceptors (Lipinski definition) is 2. The van der Waals surface area contributed by atoms with Crippen molar-refractivity contribution in [2.75, 3.05) is 13.1 Å². The number of phenolic OH excluding ortho intramolecular Hbond substituents is 1. The molecule has 2 unspecified atom stereocenters. The van der Waals surface area contributed by atoms with Gasteiger partial charge in [0.15, 0.2) is 0 Å². The van der Waals surface area contributed by atoms with Crippen LogP contribution in [-0.4, -0.2) is 33.3 Å². The molecule has 27 heavy (non-hydrogen) atoms. The lowest BCUT2D eigenvalue weighted by molar-refractivity contribution is -0.139. The van der Waals surface area contributed by atoms with Crippen LogP contribution in [0.1, 0.15) is 69.3 Å². The Morgan fingerprint density at radius 1 is 1.07 bits per heavy atom. The van der Waals surface area contributed by atoms with E-state index in [1.165, 1.54) is 44.1 Å². The second-order valence-corrected chi connectivity index (χ2v) is 11.7. The lowest BCUT2D eigenvalue weighted by Crippen LogP contribution is -2.54. The van der Waals surface area contributed by atoms with Crippen LogP contribution in [0, 0.1) is 17.3 Å². The van der Waals surface area contributed by atoms with Crippen molar-refractivity contribution < 1.29 is 9.90 Å². The third-order valence-electron chi connectivity index (χ3n) is 7.85. The van der Waals surface area contributed by atoms with Crippen molar-refractivity contribution in [3.63, 3.8) is 0 Å². The molecule has 5 aliphatic rings. The van der Waals surface area contributed by atoms with E-state index in [0.29, 0.717) is 21.9 Å². The van der Waals surface area contributed by atoms with Gasteiger partial charge < -0.3 is 10.0 Å². The van der Waals surface area contributed by atoms with Crippen molar-refractivity contribution >= 4 is 21.8 Å². The number of carbonyl (C=O) groups excluding carboxylic acids is 1. The van der Waals surface area contributed by atoms with Gasteiger partial charge in [-0.3, -0.25) is 4.79 Å². The molecule has 1 saturated heterocycles. The van der Waals surface area contributed by atoms with E-state index in [1.54, 1.807) is 12.1 Å². The lowest BCUT2D eigenvalue weighted by atomic mass is 9.48. The minimum Gasteiger partial charge on any atom is -0.508 e. The van der Waals surface area contributed by atoms with Crippen LogP contribution in [-0.2, 0) is 4.79 Å². The Balaban J connectivity index is 1.21. The number of nitrogens with zero attached hydrogens (tertiary/aromatic N) is 1. The molecule has 1 N–H and O–H groups in total. The van der Waals surface area contributed by atoms with Crippen molar-refractivity contribution in [3.8, 4) is 5.75 Å². The first kappa shape index (κ1) is 18.0. The zero-order chi connectivity index (χ0) is 18.6. The lowest BCUT2D eigenvalue weighted by Gasteiger charge is -2.60. The zero-order valence-corrected chi connectivity index (χ0v) is 17.6. The summed E-state index contributed by atoms with van der Waals surface area (Å²) in [7, 11) is 0. The van der Waals surface area contributed by atoms with Gasteiger partial charge in [0.25, 0.3) is 0 Å². The van der Waals surface area contributed by atoms with Gasteiger partial charge >= 0.3 is 0 Å². The van der Waals surface area contributed by atoms with E-state index in [2.05, 4.69) is 20.8 Å². The van der Waals surface area contributed by atoms with E-state index in [4.69, 9.17) is 0 Å². The average molecular weight is 432 g/mol. The molecule has 4 heteroatoms. The van der Waals surface area contributed by atoms with Gasteiger partial charge in [-0.2, -0.15) is 0 Å². The molecule has 1 aliphatic heterocycles. The zero-order valence-electron chi connectivity index (χ0n) is 16.0. The SMILES string of the molecule is O=C(CC12CC3CC(CC(Br)(C3)C1)C2)N1CCC(c2ccc(O)cc2)CC1. The fraction of sp³-hybridized carbons (Fsp3) is 0.696. The molecule has 2 atom stereocenters. The van der Waals surface area contributed by atoms with Crippen molar-refractivity contribution in [1.29, 1.82) is 0 Å². The first-order chi connectivity index (χ1) is 12.9. The van der Waals surface area contributed by atoms with Gasteiger partial charge in [-0.25, -0.2) is 0 Å².